The molecule has 21 heavy (non-hydrogen) atoms. The highest BCUT2D eigenvalue weighted by Crippen LogP contribution is 2.27. The van der Waals surface area contributed by atoms with Crippen molar-refractivity contribution in [3.05, 3.63) is 28.2 Å². The van der Waals surface area contributed by atoms with E-state index in [0.29, 0.717) is 31.2 Å². The van der Waals surface area contributed by atoms with Crippen LogP contribution < -0.4 is 4.90 Å². The molecule has 1 heterocycles. The minimum absolute atomic E-state index is 0.0356. The molecule has 0 unspecified atom stereocenters. The number of sulfonamides is 1. The Bertz CT molecular complexity index is 664. The normalized spacial score (nSPS) is 19.1. The maximum atomic E-state index is 12.6. The molecule has 114 valence electrons. The van der Waals surface area contributed by atoms with Crippen LogP contribution >= 0.6 is 23.2 Å². The Morgan fingerprint density at radius 3 is 2.52 bits per heavy atom. The number of quaternary nitrogens is 1. The first kappa shape index (κ1) is 16.5. The molecular formula is C13H16Cl2N3O2S+. The van der Waals surface area contributed by atoms with E-state index in [0.717, 1.165) is 4.90 Å². The first-order valence-electron chi connectivity index (χ1n) is 6.55. The standard InChI is InChI=1S/C13H15Cl2N3O2S/c1-10(9-16)17-4-6-18(7-5-17)21(19,20)13-8-11(14)2-3-12(13)15/h2-3,8,10H,4-7H2,1H3/p+1/t10-/m0/s1. The average Bonchev–Trinajstić information content (AvgIpc) is 2.49. The summed E-state index contributed by atoms with van der Waals surface area (Å²) in [6.45, 7) is 3.78. The van der Waals surface area contributed by atoms with Crippen molar-refractivity contribution in [3.8, 4) is 6.07 Å². The first-order valence-corrected chi connectivity index (χ1v) is 8.75. The van der Waals surface area contributed by atoms with Crippen LogP contribution in [-0.4, -0.2) is 44.9 Å². The van der Waals surface area contributed by atoms with E-state index in [-0.39, 0.29) is 16.0 Å². The van der Waals surface area contributed by atoms with Gasteiger partial charge in [0.05, 0.1) is 31.2 Å². The van der Waals surface area contributed by atoms with Gasteiger partial charge >= 0.3 is 0 Å². The van der Waals surface area contributed by atoms with Crippen LogP contribution in [0.4, 0.5) is 0 Å². The van der Waals surface area contributed by atoms with Crippen molar-refractivity contribution in [3.63, 3.8) is 0 Å². The van der Waals surface area contributed by atoms with Crippen LogP contribution in [0.5, 0.6) is 0 Å². The summed E-state index contributed by atoms with van der Waals surface area (Å²) in [4.78, 5) is 1.13. The lowest BCUT2D eigenvalue weighted by atomic mass is 10.2. The number of halogens is 2. The summed E-state index contributed by atoms with van der Waals surface area (Å²) in [5.41, 5.74) is 0. The van der Waals surface area contributed by atoms with Gasteiger partial charge in [0.15, 0.2) is 6.04 Å². The summed E-state index contributed by atoms with van der Waals surface area (Å²) in [6, 6.07) is 6.47. The molecule has 1 aromatic rings. The van der Waals surface area contributed by atoms with E-state index in [1.807, 2.05) is 6.92 Å². The zero-order valence-corrected chi connectivity index (χ0v) is 13.8. The zero-order valence-electron chi connectivity index (χ0n) is 11.5. The van der Waals surface area contributed by atoms with E-state index < -0.39 is 10.0 Å². The van der Waals surface area contributed by atoms with Crippen molar-refractivity contribution in [1.29, 1.82) is 5.26 Å². The van der Waals surface area contributed by atoms with Gasteiger partial charge in [-0.15, -0.1) is 0 Å². The summed E-state index contributed by atoms with van der Waals surface area (Å²) in [5.74, 6) is 0. The number of rotatable bonds is 3. The highest BCUT2D eigenvalue weighted by atomic mass is 35.5. The monoisotopic (exact) mass is 348 g/mol. The molecule has 0 aliphatic carbocycles. The van der Waals surface area contributed by atoms with Gasteiger partial charge in [-0.05, 0) is 18.2 Å². The fourth-order valence-corrected chi connectivity index (χ4v) is 4.53. The van der Waals surface area contributed by atoms with Crippen molar-refractivity contribution < 1.29 is 13.3 Å². The number of piperazine rings is 1. The van der Waals surface area contributed by atoms with E-state index in [1.54, 1.807) is 6.07 Å². The molecule has 1 aromatic carbocycles. The van der Waals surface area contributed by atoms with E-state index in [1.165, 1.54) is 16.4 Å². The van der Waals surface area contributed by atoms with Gasteiger partial charge in [0, 0.05) is 11.9 Å². The first-order chi connectivity index (χ1) is 9.86. The third-order valence-corrected chi connectivity index (χ3v) is 6.30. The SMILES string of the molecule is C[C@@H](C#N)[NH+]1CCN(S(=O)(=O)c2cc(Cl)ccc2Cl)CC1. The van der Waals surface area contributed by atoms with E-state index in [4.69, 9.17) is 28.5 Å². The van der Waals surface area contributed by atoms with Crippen LogP contribution in [0.15, 0.2) is 23.1 Å². The maximum Gasteiger partial charge on any atom is 0.245 e. The number of hydrogen-bond acceptors (Lipinski definition) is 3. The molecule has 0 radical (unpaired) electrons. The van der Waals surface area contributed by atoms with Gasteiger partial charge in [-0.2, -0.15) is 9.57 Å². The molecule has 0 saturated carbocycles. The lowest BCUT2D eigenvalue weighted by Crippen LogP contribution is -3.17. The van der Waals surface area contributed by atoms with Crippen molar-refractivity contribution in [1.82, 2.24) is 4.31 Å². The lowest BCUT2D eigenvalue weighted by molar-refractivity contribution is -0.918. The van der Waals surface area contributed by atoms with Crippen LogP contribution in [0.1, 0.15) is 6.92 Å². The fourth-order valence-electron chi connectivity index (χ4n) is 2.35. The Morgan fingerprint density at radius 2 is 1.95 bits per heavy atom. The van der Waals surface area contributed by atoms with Crippen LogP contribution in [0.3, 0.4) is 0 Å². The van der Waals surface area contributed by atoms with Crippen molar-refractivity contribution >= 4 is 33.2 Å². The molecule has 1 fully saturated rings. The molecule has 1 aliphatic rings. The van der Waals surface area contributed by atoms with Crippen LogP contribution in [0.25, 0.3) is 0 Å². The Morgan fingerprint density at radius 1 is 1.33 bits per heavy atom. The Balaban J connectivity index is 2.19. The summed E-state index contributed by atoms with van der Waals surface area (Å²) in [7, 11) is -3.65. The number of nitrogens with zero attached hydrogens (tertiary/aromatic N) is 2. The van der Waals surface area contributed by atoms with Crippen molar-refractivity contribution in [2.45, 2.75) is 17.9 Å². The zero-order chi connectivity index (χ0) is 15.6. The second kappa shape index (κ2) is 6.51. The van der Waals surface area contributed by atoms with E-state index in [2.05, 4.69) is 6.07 Å². The summed E-state index contributed by atoms with van der Waals surface area (Å²) in [5, 5.41) is 9.42. The fraction of sp³-hybridized carbons (Fsp3) is 0.462. The lowest BCUT2D eigenvalue weighted by Gasteiger charge is -2.32. The quantitative estimate of drug-likeness (QED) is 0.878. The second-order valence-electron chi connectivity index (χ2n) is 4.99. The Labute approximate surface area is 134 Å². The minimum atomic E-state index is -3.65. The molecule has 5 nitrogen and oxygen atoms in total. The number of benzene rings is 1. The number of nitriles is 1. The molecule has 0 amide bonds. The Kier molecular flexibility index (Phi) is 5.12. The molecule has 0 bridgehead atoms. The molecule has 1 aliphatic heterocycles. The van der Waals surface area contributed by atoms with Gasteiger partial charge in [0.25, 0.3) is 0 Å². The van der Waals surface area contributed by atoms with Crippen molar-refractivity contribution in [2.75, 3.05) is 26.2 Å². The molecule has 1 atom stereocenters. The molecule has 2 rings (SSSR count). The van der Waals surface area contributed by atoms with Crippen LogP contribution in [-0.2, 0) is 10.0 Å². The topological polar surface area (TPSA) is 65.6 Å². The summed E-state index contributed by atoms with van der Waals surface area (Å²) in [6.07, 6.45) is 0. The Hall–Kier alpha value is -0.840. The van der Waals surface area contributed by atoms with Crippen LogP contribution in [0, 0.1) is 11.3 Å². The summed E-state index contributed by atoms with van der Waals surface area (Å²) >= 11 is 11.9. The molecule has 8 heteroatoms. The van der Waals surface area contributed by atoms with E-state index >= 15 is 0 Å². The number of nitrogens with one attached hydrogen (secondary N) is 1. The largest absolute Gasteiger partial charge is 0.319 e. The maximum absolute atomic E-state index is 12.6. The summed E-state index contributed by atoms with van der Waals surface area (Å²) < 4.78 is 26.6. The van der Waals surface area contributed by atoms with E-state index in [9.17, 15) is 8.42 Å². The van der Waals surface area contributed by atoms with Gasteiger partial charge in [-0.3, -0.25) is 0 Å². The smallest absolute Gasteiger partial charge is 0.245 e. The van der Waals surface area contributed by atoms with Gasteiger partial charge in [-0.25, -0.2) is 8.42 Å². The third-order valence-electron chi connectivity index (χ3n) is 3.68. The van der Waals surface area contributed by atoms with Crippen LogP contribution in [0.2, 0.25) is 10.0 Å². The second-order valence-corrected chi connectivity index (χ2v) is 7.74. The molecule has 1 N–H and O–H groups in total. The van der Waals surface area contributed by atoms with Gasteiger partial charge in [0.2, 0.25) is 10.0 Å². The minimum Gasteiger partial charge on any atom is -0.319 e. The molecular weight excluding hydrogens is 333 g/mol. The van der Waals surface area contributed by atoms with Gasteiger partial charge in [0.1, 0.15) is 11.0 Å². The number of hydrogen-bond donors (Lipinski definition) is 1. The molecule has 0 aromatic heterocycles. The van der Waals surface area contributed by atoms with Crippen molar-refractivity contribution in [2.24, 2.45) is 0 Å². The molecule has 1 saturated heterocycles. The highest BCUT2D eigenvalue weighted by molar-refractivity contribution is 7.89. The van der Waals surface area contributed by atoms with Gasteiger partial charge in [-0.1, -0.05) is 23.2 Å². The van der Waals surface area contributed by atoms with Gasteiger partial charge < -0.3 is 4.90 Å². The average molecular weight is 349 g/mol. The predicted molar refractivity (Wildman–Crippen MR) is 81.0 cm³/mol. The highest BCUT2D eigenvalue weighted by Gasteiger charge is 2.33. The predicted octanol–water partition coefficient (Wildman–Crippen LogP) is 0.795. The third kappa shape index (κ3) is 3.50. The molecule has 0 spiro atoms.